The van der Waals surface area contributed by atoms with E-state index in [2.05, 4.69) is 50.0 Å². The van der Waals surface area contributed by atoms with Gasteiger partial charge in [0.05, 0.1) is 6.61 Å². The largest absolute Gasteiger partial charge is 0.478 e. The zero-order valence-electron chi connectivity index (χ0n) is 12.8. The fourth-order valence-corrected chi connectivity index (χ4v) is 2.39. The minimum Gasteiger partial charge on any atom is -0.478 e. The van der Waals surface area contributed by atoms with E-state index in [0.717, 1.165) is 18.0 Å². The van der Waals surface area contributed by atoms with E-state index in [1.165, 1.54) is 16.7 Å². The lowest BCUT2D eigenvalue weighted by molar-refractivity contribution is 0.325. The van der Waals surface area contributed by atoms with Crippen molar-refractivity contribution in [1.29, 1.82) is 0 Å². The maximum absolute atomic E-state index is 5.48. The Morgan fingerprint density at radius 2 is 1.95 bits per heavy atom. The molecule has 2 heteroatoms. The first-order valence-electron chi connectivity index (χ1n) is 7.26. The number of pyridine rings is 1. The summed E-state index contributed by atoms with van der Waals surface area (Å²) in [6, 6.07) is 12.7. The molecular formula is C18H23NO. The minimum absolute atomic E-state index is 0.385. The highest BCUT2D eigenvalue weighted by Gasteiger charge is 2.11. The lowest BCUT2D eigenvalue weighted by Crippen LogP contribution is -2.04. The number of hydrogen-bond acceptors (Lipinski definition) is 2. The summed E-state index contributed by atoms with van der Waals surface area (Å²) in [5, 5.41) is 0. The van der Waals surface area contributed by atoms with E-state index in [0.29, 0.717) is 12.5 Å². The van der Waals surface area contributed by atoms with Crippen molar-refractivity contribution in [2.75, 3.05) is 6.61 Å². The smallest absolute Gasteiger partial charge is 0.213 e. The Hall–Kier alpha value is -1.83. The summed E-state index contributed by atoms with van der Waals surface area (Å²) in [4.78, 5) is 4.59. The topological polar surface area (TPSA) is 22.1 Å². The van der Waals surface area contributed by atoms with Crippen LogP contribution < -0.4 is 4.74 Å². The molecule has 0 saturated carbocycles. The fraction of sp³-hybridized carbons (Fsp3) is 0.389. The normalized spacial score (nSPS) is 12.2. The van der Waals surface area contributed by atoms with Crippen LogP contribution in [0.2, 0.25) is 0 Å². The van der Waals surface area contributed by atoms with Gasteiger partial charge >= 0.3 is 0 Å². The molecule has 1 unspecified atom stereocenters. The average Bonchev–Trinajstić information content (AvgIpc) is 2.43. The van der Waals surface area contributed by atoms with E-state index in [1.54, 1.807) is 0 Å². The van der Waals surface area contributed by atoms with Gasteiger partial charge in [-0.3, -0.25) is 0 Å². The number of hydrogen-bond donors (Lipinski definition) is 0. The zero-order valence-corrected chi connectivity index (χ0v) is 12.8. The third-order valence-corrected chi connectivity index (χ3v) is 3.57. The molecule has 0 aliphatic rings. The number of nitrogens with zero attached hydrogens (tertiary/aromatic N) is 1. The van der Waals surface area contributed by atoms with Crippen molar-refractivity contribution in [1.82, 2.24) is 4.98 Å². The van der Waals surface area contributed by atoms with Crippen molar-refractivity contribution in [3.05, 3.63) is 58.8 Å². The second-order valence-electron chi connectivity index (χ2n) is 5.37. The molecule has 20 heavy (non-hydrogen) atoms. The Balaban J connectivity index is 2.17. The van der Waals surface area contributed by atoms with Crippen LogP contribution in [0.15, 0.2) is 36.4 Å². The third-order valence-electron chi connectivity index (χ3n) is 3.57. The maximum atomic E-state index is 5.48. The SMILES string of the molecule is CCOc1cccc(C(C)Cc2cc(C)ccc2C)n1. The summed E-state index contributed by atoms with van der Waals surface area (Å²) >= 11 is 0. The number of aromatic nitrogens is 1. The van der Waals surface area contributed by atoms with Gasteiger partial charge in [0, 0.05) is 17.7 Å². The molecule has 1 atom stereocenters. The molecule has 0 saturated heterocycles. The molecule has 1 heterocycles. The first-order chi connectivity index (χ1) is 9.60. The van der Waals surface area contributed by atoms with Crippen molar-refractivity contribution in [3.63, 3.8) is 0 Å². The first kappa shape index (κ1) is 14.6. The molecule has 2 aromatic rings. The third kappa shape index (κ3) is 3.60. The van der Waals surface area contributed by atoms with E-state index in [1.807, 2.05) is 19.1 Å². The fourth-order valence-electron chi connectivity index (χ4n) is 2.39. The number of benzene rings is 1. The van der Waals surface area contributed by atoms with Crippen molar-refractivity contribution in [2.45, 2.75) is 40.0 Å². The highest BCUT2D eigenvalue weighted by Crippen LogP contribution is 2.23. The van der Waals surface area contributed by atoms with Crippen molar-refractivity contribution in [3.8, 4) is 5.88 Å². The molecule has 106 valence electrons. The predicted octanol–water partition coefficient (Wildman–Crippen LogP) is 4.44. The molecule has 1 aromatic heterocycles. The van der Waals surface area contributed by atoms with Crippen molar-refractivity contribution < 1.29 is 4.74 Å². The van der Waals surface area contributed by atoms with Gasteiger partial charge in [-0.2, -0.15) is 0 Å². The summed E-state index contributed by atoms with van der Waals surface area (Å²) < 4.78 is 5.48. The van der Waals surface area contributed by atoms with Crippen LogP contribution in [0.25, 0.3) is 0 Å². The van der Waals surface area contributed by atoms with Gasteiger partial charge in [-0.05, 0) is 44.4 Å². The van der Waals surface area contributed by atoms with E-state index in [9.17, 15) is 0 Å². The molecule has 0 aliphatic carbocycles. The average molecular weight is 269 g/mol. The molecule has 2 nitrogen and oxygen atoms in total. The Labute approximate surface area is 121 Å². The van der Waals surface area contributed by atoms with Crippen LogP contribution in [0, 0.1) is 13.8 Å². The molecular weight excluding hydrogens is 246 g/mol. The van der Waals surface area contributed by atoms with Gasteiger partial charge in [0.25, 0.3) is 0 Å². The van der Waals surface area contributed by atoms with Crippen LogP contribution in [0.4, 0.5) is 0 Å². The van der Waals surface area contributed by atoms with Gasteiger partial charge < -0.3 is 4.74 Å². The van der Waals surface area contributed by atoms with Crippen molar-refractivity contribution >= 4 is 0 Å². The monoisotopic (exact) mass is 269 g/mol. The molecule has 0 N–H and O–H groups in total. The highest BCUT2D eigenvalue weighted by atomic mass is 16.5. The lowest BCUT2D eigenvalue weighted by atomic mass is 9.93. The molecule has 0 radical (unpaired) electrons. The number of rotatable bonds is 5. The number of aryl methyl sites for hydroxylation is 2. The maximum Gasteiger partial charge on any atom is 0.213 e. The molecule has 0 amide bonds. The zero-order chi connectivity index (χ0) is 14.5. The quantitative estimate of drug-likeness (QED) is 0.800. The minimum atomic E-state index is 0.385. The standard InChI is InChI=1S/C18H23NO/c1-5-20-18-8-6-7-17(19-18)15(4)12-16-11-13(2)9-10-14(16)3/h6-11,15H,5,12H2,1-4H3. The van der Waals surface area contributed by atoms with Crippen LogP contribution in [-0.2, 0) is 6.42 Å². The van der Waals surface area contributed by atoms with Crippen LogP contribution in [0.3, 0.4) is 0 Å². The molecule has 2 rings (SSSR count). The molecule has 1 aromatic carbocycles. The van der Waals surface area contributed by atoms with Gasteiger partial charge in [-0.15, -0.1) is 0 Å². The predicted molar refractivity (Wildman–Crippen MR) is 83.4 cm³/mol. The van der Waals surface area contributed by atoms with E-state index in [-0.39, 0.29) is 0 Å². The molecule has 0 aliphatic heterocycles. The van der Waals surface area contributed by atoms with E-state index in [4.69, 9.17) is 4.74 Å². The van der Waals surface area contributed by atoms with Crippen LogP contribution in [0.1, 0.15) is 42.1 Å². The summed E-state index contributed by atoms with van der Waals surface area (Å²) in [5.74, 6) is 1.11. The summed E-state index contributed by atoms with van der Waals surface area (Å²) in [7, 11) is 0. The van der Waals surface area contributed by atoms with E-state index < -0.39 is 0 Å². The van der Waals surface area contributed by atoms with Gasteiger partial charge in [0.15, 0.2) is 0 Å². The second-order valence-corrected chi connectivity index (χ2v) is 5.37. The Morgan fingerprint density at radius 1 is 1.15 bits per heavy atom. The van der Waals surface area contributed by atoms with E-state index >= 15 is 0 Å². The summed E-state index contributed by atoms with van der Waals surface area (Å²) in [6.07, 6.45) is 1.01. The Kier molecular flexibility index (Phi) is 4.78. The number of ether oxygens (including phenoxy) is 1. The molecule has 0 spiro atoms. The lowest BCUT2D eigenvalue weighted by Gasteiger charge is -2.14. The Bertz CT molecular complexity index is 577. The second kappa shape index (κ2) is 6.56. The van der Waals surface area contributed by atoms with Crippen LogP contribution in [-0.4, -0.2) is 11.6 Å². The van der Waals surface area contributed by atoms with Gasteiger partial charge in [-0.1, -0.05) is 36.8 Å². The van der Waals surface area contributed by atoms with Gasteiger partial charge in [0.2, 0.25) is 5.88 Å². The first-order valence-corrected chi connectivity index (χ1v) is 7.26. The summed E-state index contributed by atoms with van der Waals surface area (Å²) in [5.41, 5.74) is 5.16. The Morgan fingerprint density at radius 3 is 2.70 bits per heavy atom. The highest BCUT2D eigenvalue weighted by molar-refractivity contribution is 5.32. The van der Waals surface area contributed by atoms with Gasteiger partial charge in [-0.25, -0.2) is 4.98 Å². The molecule has 0 bridgehead atoms. The van der Waals surface area contributed by atoms with Crippen LogP contribution >= 0.6 is 0 Å². The summed E-state index contributed by atoms with van der Waals surface area (Å²) in [6.45, 7) is 9.17. The van der Waals surface area contributed by atoms with Gasteiger partial charge in [0.1, 0.15) is 0 Å². The van der Waals surface area contributed by atoms with Crippen molar-refractivity contribution in [2.24, 2.45) is 0 Å². The molecule has 0 fully saturated rings. The van der Waals surface area contributed by atoms with Crippen LogP contribution in [0.5, 0.6) is 5.88 Å².